The van der Waals surface area contributed by atoms with Gasteiger partial charge in [-0.15, -0.1) is 0 Å². The average molecular weight is 318 g/mol. The Morgan fingerprint density at radius 3 is 2.48 bits per heavy atom. The molecular formula is C16H22N4O3. The molecule has 23 heavy (non-hydrogen) atoms. The number of nitrogens with zero attached hydrogens (tertiary/aromatic N) is 2. The van der Waals surface area contributed by atoms with Gasteiger partial charge in [-0.25, -0.2) is 4.79 Å². The molecule has 0 saturated carbocycles. The van der Waals surface area contributed by atoms with E-state index in [4.69, 9.17) is 9.47 Å². The molecule has 7 nitrogen and oxygen atoms in total. The van der Waals surface area contributed by atoms with Crippen LogP contribution >= 0.6 is 0 Å². The highest BCUT2D eigenvalue weighted by Gasteiger charge is 2.13. The first-order valence-corrected chi connectivity index (χ1v) is 7.24. The van der Waals surface area contributed by atoms with Crippen molar-refractivity contribution in [2.75, 3.05) is 19.5 Å². The van der Waals surface area contributed by atoms with Crippen molar-refractivity contribution in [3.63, 3.8) is 0 Å². The van der Waals surface area contributed by atoms with Crippen molar-refractivity contribution in [1.29, 1.82) is 0 Å². The molecule has 2 rings (SSSR count). The zero-order chi connectivity index (χ0) is 17.0. The maximum absolute atomic E-state index is 12.1. The Morgan fingerprint density at radius 2 is 1.91 bits per heavy atom. The van der Waals surface area contributed by atoms with Gasteiger partial charge in [0.2, 0.25) is 0 Å². The molecule has 1 atom stereocenters. The third-order valence-corrected chi connectivity index (χ3v) is 3.61. The molecule has 0 aliphatic heterocycles. The largest absolute Gasteiger partial charge is 0.493 e. The number of carbonyl (C=O) groups is 1. The lowest BCUT2D eigenvalue weighted by molar-refractivity contribution is 0.249. The van der Waals surface area contributed by atoms with Gasteiger partial charge >= 0.3 is 6.03 Å². The number of anilines is 1. The third-order valence-electron chi connectivity index (χ3n) is 3.61. The molecule has 124 valence electrons. The van der Waals surface area contributed by atoms with E-state index in [-0.39, 0.29) is 12.1 Å². The number of ether oxygens (including phenoxy) is 2. The second-order valence-corrected chi connectivity index (χ2v) is 5.23. The van der Waals surface area contributed by atoms with Gasteiger partial charge in [-0.1, -0.05) is 6.07 Å². The molecule has 2 N–H and O–H groups in total. The number of aryl methyl sites for hydroxylation is 2. The number of hydrogen-bond donors (Lipinski definition) is 2. The Labute approximate surface area is 135 Å². The van der Waals surface area contributed by atoms with E-state index in [1.54, 1.807) is 25.0 Å². The lowest BCUT2D eigenvalue weighted by Crippen LogP contribution is -2.31. The van der Waals surface area contributed by atoms with E-state index in [1.165, 1.54) is 0 Å². The molecule has 0 spiro atoms. The number of hydrogen-bond acceptors (Lipinski definition) is 4. The fraction of sp³-hybridized carbons (Fsp3) is 0.375. The molecule has 1 aromatic heterocycles. The van der Waals surface area contributed by atoms with Crippen LogP contribution in [0.25, 0.3) is 0 Å². The number of amides is 2. The Morgan fingerprint density at radius 1 is 1.22 bits per heavy atom. The summed E-state index contributed by atoms with van der Waals surface area (Å²) in [6.45, 7) is 3.81. The Hall–Kier alpha value is -2.70. The maximum atomic E-state index is 12.1. The second kappa shape index (κ2) is 7.04. The average Bonchev–Trinajstić information content (AvgIpc) is 2.83. The Kier molecular flexibility index (Phi) is 5.10. The van der Waals surface area contributed by atoms with Crippen molar-refractivity contribution in [3.8, 4) is 11.5 Å². The number of nitrogens with one attached hydrogen (secondary N) is 2. The van der Waals surface area contributed by atoms with E-state index in [1.807, 2.05) is 39.1 Å². The summed E-state index contributed by atoms with van der Waals surface area (Å²) >= 11 is 0. The third kappa shape index (κ3) is 3.94. The van der Waals surface area contributed by atoms with Crippen LogP contribution in [0.15, 0.2) is 24.3 Å². The summed E-state index contributed by atoms with van der Waals surface area (Å²) < 4.78 is 12.2. The zero-order valence-electron chi connectivity index (χ0n) is 14.0. The fourth-order valence-corrected chi connectivity index (χ4v) is 2.18. The van der Waals surface area contributed by atoms with Crippen LogP contribution in [0.5, 0.6) is 11.5 Å². The summed E-state index contributed by atoms with van der Waals surface area (Å²) in [5, 5.41) is 9.77. The molecule has 1 aromatic carbocycles. The lowest BCUT2D eigenvalue weighted by atomic mass is 10.1. The van der Waals surface area contributed by atoms with Crippen molar-refractivity contribution in [2.24, 2.45) is 7.05 Å². The van der Waals surface area contributed by atoms with Gasteiger partial charge in [0.05, 0.1) is 20.3 Å². The normalized spacial score (nSPS) is 11.7. The van der Waals surface area contributed by atoms with Crippen molar-refractivity contribution < 1.29 is 14.3 Å². The number of aromatic nitrogens is 2. The van der Waals surface area contributed by atoms with Gasteiger partial charge in [0, 0.05) is 18.8 Å². The summed E-state index contributed by atoms with van der Waals surface area (Å²) in [7, 11) is 4.99. The molecule has 1 unspecified atom stereocenters. The van der Waals surface area contributed by atoms with Gasteiger partial charge < -0.3 is 14.8 Å². The van der Waals surface area contributed by atoms with Crippen LogP contribution in [0.3, 0.4) is 0 Å². The SMILES string of the molecule is COc1ccc(C(C)NC(=O)Nc2cc(C)n(C)n2)cc1OC. The van der Waals surface area contributed by atoms with Crippen LogP contribution in [-0.2, 0) is 7.05 Å². The molecule has 0 radical (unpaired) electrons. The van der Waals surface area contributed by atoms with Gasteiger partial charge in [0.25, 0.3) is 0 Å². The van der Waals surface area contributed by atoms with E-state index in [0.717, 1.165) is 11.3 Å². The number of carbonyl (C=O) groups excluding carboxylic acids is 1. The van der Waals surface area contributed by atoms with E-state index < -0.39 is 0 Å². The summed E-state index contributed by atoms with van der Waals surface area (Å²) in [5.74, 6) is 1.79. The summed E-state index contributed by atoms with van der Waals surface area (Å²) in [4.78, 5) is 12.1. The summed E-state index contributed by atoms with van der Waals surface area (Å²) in [6, 6.07) is 6.84. The topological polar surface area (TPSA) is 77.4 Å². The maximum Gasteiger partial charge on any atom is 0.320 e. The second-order valence-electron chi connectivity index (χ2n) is 5.23. The Balaban J connectivity index is 2.03. The first-order chi connectivity index (χ1) is 10.9. The molecule has 1 heterocycles. The molecule has 0 fully saturated rings. The van der Waals surface area contributed by atoms with Gasteiger partial charge in [0.15, 0.2) is 17.3 Å². The van der Waals surface area contributed by atoms with Crippen molar-refractivity contribution in [3.05, 3.63) is 35.5 Å². The molecule has 7 heteroatoms. The van der Waals surface area contributed by atoms with Crippen molar-refractivity contribution in [1.82, 2.24) is 15.1 Å². The molecular weight excluding hydrogens is 296 g/mol. The molecule has 2 aromatic rings. The van der Waals surface area contributed by atoms with Crippen LogP contribution in [0, 0.1) is 6.92 Å². The minimum Gasteiger partial charge on any atom is -0.493 e. The highest BCUT2D eigenvalue weighted by Crippen LogP contribution is 2.29. The van der Waals surface area contributed by atoms with Crippen LogP contribution < -0.4 is 20.1 Å². The minimum absolute atomic E-state index is 0.195. The number of rotatable bonds is 5. The van der Waals surface area contributed by atoms with Gasteiger partial charge in [0.1, 0.15) is 0 Å². The minimum atomic E-state index is -0.314. The van der Waals surface area contributed by atoms with Gasteiger partial charge in [-0.05, 0) is 31.5 Å². The monoisotopic (exact) mass is 318 g/mol. The predicted molar refractivity (Wildman–Crippen MR) is 88.1 cm³/mol. The molecule has 0 aliphatic carbocycles. The molecule has 0 bridgehead atoms. The quantitative estimate of drug-likeness (QED) is 0.888. The summed E-state index contributed by atoms with van der Waals surface area (Å²) in [5.41, 5.74) is 1.88. The van der Waals surface area contributed by atoms with E-state index in [0.29, 0.717) is 17.3 Å². The number of benzene rings is 1. The van der Waals surface area contributed by atoms with Crippen molar-refractivity contribution >= 4 is 11.8 Å². The van der Waals surface area contributed by atoms with Crippen LogP contribution in [0.2, 0.25) is 0 Å². The van der Waals surface area contributed by atoms with E-state index >= 15 is 0 Å². The molecule has 0 saturated heterocycles. The van der Waals surface area contributed by atoms with E-state index in [2.05, 4.69) is 15.7 Å². The predicted octanol–water partition coefficient (Wildman–Crippen LogP) is 2.63. The Bertz CT molecular complexity index is 677. The zero-order valence-corrected chi connectivity index (χ0v) is 14.0. The van der Waals surface area contributed by atoms with Crippen molar-refractivity contribution in [2.45, 2.75) is 19.9 Å². The van der Waals surface area contributed by atoms with Crippen LogP contribution in [0.4, 0.5) is 10.6 Å². The van der Waals surface area contributed by atoms with Gasteiger partial charge in [-0.3, -0.25) is 10.00 Å². The fourth-order valence-electron chi connectivity index (χ4n) is 2.18. The lowest BCUT2D eigenvalue weighted by Gasteiger charge is -2.16. The summed E-state index contributed by atoms with van der Waals surface area (Å²) in [6.07, 6.45) is 0. The first-order valence-electron chi connectivity index (χ1n) is 7.24. The highest BCUT2D eigenvalue weighted by molar-refractivity contribution is 5.88. The smallest absolute Gasteiger partial charge is 0.320 e. The van der Waals surface area contributed by atoms with Crippen LogP contribution in [0.1, 0.15) is 24.2 Å². The van der Waals surface area contributed by atoms with E-state index in [9.17, 15) is 4.79 Å². The first kappa shape index (κ1) is 16.7. The molecule has 2 amide bonds. The number of urea groups is 1. The van der Waals surface area contributed by atoms with Crippen LogP contribution in [-0.4, -0.2) is 30.0 Å². The molecule has 0 aliphatic rings. The number of methoxy groups -OCH3 is 2. The van der Waals surface area contributed by atoms with Gasteiger partial charge in [-0.2, -0.15) is 5.10 Å². The standard InChI is InChI=1S/C16H22N4O3/c1-10-8-15(19-20(10)3)18-16(21)17-11(2)12-6-7-13(22-4)14(9-12)23-5/h6-9,11H,1-5H3,(H2,17,18,19,21). The highest BCUT2D eigenvalue weighted by atomic mass is 16.5.